The maximum Gasteiger partial charge on any atom is 0.308 e. The van der Waals surface area contributed by atoms with Gasteiger partial charge in [0.1, 0.15) is 0 Å². The topological polar surface area (TPSA) is 57.6 Å². The zero-order valence-corrected chi connectivity index (χ0v) is 12.6. The number of carboxylic acids is 1. The highest BCUT2D eigenvalue weighted by Gasteiger charge is 2.26. The van der Waals surface area contributed by atoms with Crippen LogP contribution in [-0.4, -0.2) is 35.0 Å². The van der Waals surface area contributed by atoms with Crippen molar-refractivity contribution in [3.05, 3.63) is 40.4 Å². The number of hydrogen-bond acceptors (Lipinski definition) is 2. The van der Waals surface area contributed by atoms with E-state index < -0.39 is 11.9 Å². The van der Waals surface area contributed by atoms with Gasteiger partial charge in [-0.1, -0.05) is 23.7 Å². The van der Waals surface area contributed by atoms with Crippen molar-refractivity contribution in [3.63, 3.8) is 0 Å². The van der Waals surface area contributed by atoms with Crippen molar-refractivity contribution < 1.29 is 14.7 Å². The van der Waals surface area contributed by atoms with Gasteiger partial charge in [0.25, 0.3) is 0 Å². The van der Waals surface area contributed by atoms with Crippen molar-refractivity contribution in [2.24, 2.45) is 5.92 Å². The summed E-state index contributed by atoms with van der Waals surface area (Å²) in [4.78, 5) is 24.7. The zero-order valence-electron chi connectivity index (χ0n) is 11.9. The predicted octanol–water partition coefficient (Wildman–Crippen LogP) is 2.98. The average molecular weight is 308 g/mol. The van der Waals surface area contributed by atoms with Crippen molar-refractivity contribution in [1.82, 2.24) is 4.90 Å². The first kappa shape index (κ1) is 15.6. The molecule has 0 radical (unpaired) electrons. The molecule has 0 unspecified atom stereocenters. The molecular weight excluding hydrogens is 290 g/mol. The smallest absolute Gasteiger partial charge is 0.308 e. The Morgan fingerprint density at radius 2 is 2.19 bits per heavy atom. The lowest BCUT2D eigenvalue weighted by molar-refractivity contribution is -0.144. The molecule has 5 heteroatoms. The number of rotatable bonds is 3. The van der Waals surface area contributed by atoms with Gasteiger partial charge in [-0.3, -0.25) is 9.59 Å². The molecule has 1 amide bonds. The summed E-state index contributed by atoms with van der Waals surface area (Å²) in [5, 5.41) is 9.69. The lowest BCUT2D eigenvalue weighted by atomic mass is 9.98. The van der Waals surface area contributed by atoms with Crippen LogP contribution in [-0.2, 0) is 9.59 Å². The molecule has 1 aliphatic heterocycles. The van der Waals surface area contributed by atoms with Gasteiger partial charge in [-0.2, -0.15) is 0 Å². The monoisotopic (exact) mass is 307 g/mol. The first-order valence-corrected chi connectivity index (χ1v) is 7.31. The van der Waals surface area contributed by atoms with Gasteiger partial charge >= 0.3 is 5.97 Å². The second-order valence-corrected chi connectivity index (χ2v) is 5.71. The minimum Gasteiger partial charge on any atom is -0.481 e. The molecule has 1 saturated heterocycles. The lowest BCUT2D eigenvalue weighted by Gasteiger charge is -2.29. The Labute approximate surface area is 129 Å². The number of aryl methyl sites for hydroxylation is 1. The molecule has 1 fully saturated rings. The Morgan fingerprint density at radius 1 is 1.43 bits per heavy atom. The van der Waals surface area contributed by atoms with Crippen LogP contribution >= 0.6 is 11.6 Å². The number of halogens is 1. The first-order valence-electron chi connectivity index (χ1n) is 6.93. The molecule has 1 aromatic carbocycles. The maximum absolute atomic E-state index is 12.1. The Balaban J connectivity index is 2.01. The third-order valence-electron chi connectivity index (χ3n) is 3.70. The van der Waals surface area contributed by atoms with Crippen molar-refractivity contribution in [2.45, 2.75) is 19.8 Å². The Bertz CT molecular complexity index is 583. The number of amides is 1. The van der Waals surface area contributed by atoms with Gasteiger partial charge in [0.2, 0.25) is 5.91 Å². The fourth-order valence-electron chi connectivity index (χ4n) is 2.36. The van der Waals surface area contributed by atoms with Crippen LogP contribution in [0.3, 0.4) is 0 Å². The highest BCUT2D eigenvalue weighted by atomic mass is 35.5. The van der Waals surface area contributed by atoms with E-state index >= 15 is 0 Å². The number of nitrogens with zero attached hydrogens (tertiary/aromatic N) is 1. The van der Waals surface area contributed by atoms with Crippen molar-refractivity contribution in [2.75, 3.05) is 13.1 Å². The number of carbonyl (C=O) groups is 2. The SMILES string of the molecule is Cc1ccc(/C=C/C(=O)N2CCC[C@H](C(=O)O)C2)cc1Cl. The number of carbonyl (C=O) groups excluding carboxylic acids is 1. The molecule has 21 heavy (non-hydrogen) atoms. The molecule has 0 aliphatic carbocycles. The summed E-state index contributed by atoms with van der Waals surface area (Å²) in [6, 6.07) is 5.59. The highest BCUT2D eigenvalue weighted by Crippen LogP contribution is 2.19. The van der Waals surface area contributed by atoms with Crippen LogP contribution in [0.2, 0.25) is 5.02 Å². The molecule has 112 valence electrons. The van der Waals surface area contributed by atoms with Crippen LogP contribution in [0.1, 0.15) is 24.0 Å². The fraction of sp³-hybridized carbons (Fsp3) is 0.375. The van der Waals surface area contributed by atoms with Crippen LogP contribution in [0, 0.1) is 12.8 Å². The van der Waals surface area contributed by atoms with Gasteiger partial charge in [-0.15, -0.1) is 0 Å². The molecule has 4 nitrogen and oxygen atoms in total. The third kappa shape index (κ3) is 4.08. The second-order valence-electron chi connectivity index (χ2n) is 5.30. The molecule has 0 saturated carbocycles. The van der Waals surface area contributed by atoms with Gasteiger partial charge in [-0.05, 0) is 43.0 Å². The minimum absolute atomic E-state index is 0.155. The molecule has 0 bridgehead atoms. The van der Waals surface area contributed by atoms with E-state index in [1.165, 1.54) is 6.08 Å². The number of piperidine rings is 1. The molecule has 1 aliphatic rings. The van der Waals surface area contributed by atoms with Gasteiger partial charge in [0.05, 0.1) is 5.92 Å². The lowest BCUT2D eigenvalue weighted by Crippen LogP contribution is -2.41. The number of aliphatic carboxylic acids is 1. The van der Waals surface area contributed by atoms with E-state index in [9.17, 15) is 9.59 Å². The molecular formula is C16H18ClNO3. The highest BCUT2D eigenvalue weighted by molar-refractivity contribution is 6.31. The van der Waals surface area contributed by atoms with Crippen LogP contribution in [0.25, 0.3) is 6.08 Å². The summed E-state index contributed by atoms with van der Waals surface area (Å²) in [6.45, 7) is 2.82. The molecule has 1 N–H and O–H groups in total. The molecule has 1 aromatic rings. The van der Waals surface area contributed by atoms with Gasteiger partial charge in [0.15, 0.2) is 0 Å². The Kier molecular flexibility index (Phi) is 5.02. The van der Waals surface area contributed by atoms with E-state index in [-0.39, 0.29) is 12.5 Å². The number of benzene rings is 1. The third-order valence-corrected chi connectivity index (χ3v) is 4.10. The average Bonchev–Trinajstić information content (AvgIpc) is 2.48. The summed E-state index contributed by atoms with van der Waals surface area (Å²) < 4.78 is 0. The number of carboxylic acid groups (broad SMARTS) is 1. The predicted molar refractivity (Wildman–Crippen MR) is 82.2 cm³/mol. The molecule has 0 spiro atoms. The van der Waals surface area contributed by atoms with E-state index in [2.05, 4.69) is 0 Å². The van der Waals surface area contributed by atoms with E-state index in [1.807, 2.05) is 19.1 Å². The van der Waals surface area contributed by atoms with E-state index in [4.69, 9.17) is 16.7 Å². The summed E-state index contributed by atoms with van der Waals surface area (Å²) in [5.41, 5.74) is 1.84. The zero-order chi connectivity index (χ0) is 15.4. The van der Waals surface area contributed by atoms with Gasteiger partial charge in [0, 0.05) is 24.2 Å². The Hall–Kier alpha value is -1.81. The van der Waals surface area contributed by atoms with Crippen molar-refractivity contribution in [3.8, 4) is 0 Å². The summed E-state index contributed by atoms with van der Waals surface area (Å²) in [6.07, 6.45) is 4.55. The molecule has 0 aromatic heterocycles. The van der Waals surface area contributed by atoms with E-state index in [0.29, 0.717) is 18.0 Å². The van der Waals surface area contributed by atoms with E-state index in [1.54, 1.807) is 17.0 Å². The standard InChI is InChI=1S/C16H18ClNO3/c1-11-4-5-12(9-14(11)17)6-7-15(19)18-8-2-3-13(10-18)16(20)21/h4-7,9,13H,2-3,8,10H2,1H3,(H,20,21)/b7-6+/t13-/m0/s1. The summed E-state index contributed by atoms with van der Waals surface area (Å²) in [7, 11) is 0. The summed E-state index contributed by atoms with van der Waals surface area (Å²) in [5.74, 6) is -1.44. The first-order chi connectivity index (χ1) is 9.97. The van der Waals surface area contributed by atoms with Crippen LogP contribution < -0.4 is 0 Å². The van der Waals surface area contributed by atoms with Crippen LogP contribution in [0.4, 0.5) is 0 Å². The van der Waals surface area contributed by atoms with Gasteiger partial charge < -0.3 is 10.0 Å². The molecule has 2 rings (SSSR count). The molecule has 1 heterocycles. The van der Waals surface area contributed by atoms with Crippen molar-refractivity contribution in [1.29, 1.82) is 0 Å². The summed E-state index contributed by atoms with van der Waals surface area (Å²) >= 11 is 6.04. The normalized spacial score (nSPS) is 19.0. The number of likely N-dealkylation sites (tertiary alicyclic amines) is 1. The van der Waals surface area contributed by atoms with E-state index in [0.717, 1.165) is 17.5 Å². The minimum atomic E-state index is -0.832. The molecule has 1 atom stereocenters. The maximum atomic E-state index is 12.1. The van der Waals surface area contributed by atoms with Gasteiger partial charge in [-0.25, -0.2) is 0 Å². The second kappa shape index (κ2) is 6.76. The van der Waals surface area contributed by atoms with Crippen LogP contribution in [0.5, 0.6) is 0 Å². The van der Waals surface area contributed by atoms with Crippen LogP contribution in [0.15, 0.2) is 24.3 Å². The number of hydrogen-bond donors (Lipinski definition) is 1. The largest absolute Gasteiger partial charge is 0.481 e. The van der Waals surface area contributed by atoms with Crippen molar-refractivity contribution >= 4 is 29.6 Å². The quantitative estimate of drug-likeness (QED) is 0.873. The fourth-order valence-corrected chi connectivity index (χ4v) is 2.55. The Morgan fingerprint density at radius 3 is 2.86 bits per heavy atom.